The molecular weight excluding hydrogens is 250 g/mol. The molecule has 1 aromatic rings. The minimum atomic E-state index is -0.192. The molecule has 1 aliphatic rings. The monoisotopic (exact) mass is 277 g/mol. The van der Waals surface area contributed by atoms with Crippen LogP contribution in [-0.2, 0) is 4.74 Å². The van der Waals surface area contributed by atoms with E-state index in [2.05, 4.69) is 42.3 Å². The van der Waals surface area contributed by atoms with Crippen LogP contribution in [0.25, 0.3) is 0 Å². The maximum atomic E-state index is 10.3. The number of ether oxygens (including phenoxy) is 1. The molecule has 3 atom stereocenters. The van der Waals surface area contributed by atoms with Crippen LogP contribution in [0.4, 0.5) is 0 Å². The number of hydrogen-bond donors (Lipinski definition) is 1. The molecule has 3 unspecified atom stereocenters. The van der Waals surface area contributed by atoms with E-state index in [0.29, 0.717) is 5.92 Å². The van der Waals surface area contributed by atoms with Gasteiger partial charge in [0.1, 0.15) is 0 Å². The quantitative estimate of drug-likeness (QED) is 0.811. The van der Waals surface area contributed by atoms with E-state index in [-0.39, 0.29) is 12.1 Å². The van der Waals surface area contributed by atoms with Gasteiger partial charge in [-0.05, 0) is 44.2 Å². The van der Waals surface area contributed by atoms with E-state index >= 15 is 0 Å². The zero-order valence-corrected chi connectivity index (χ0v) is 12.7. The number of hydrogen-bond acceptors (Lipinski definition) is 3. The number of likely N-dealkylation sites (N-methyl/N-ethyl adjacent to an activating group) is 1. The van der Waals surface area contributed by atoms with Gasteiger partial charge in [-0.1, -0.05) is 30.3 Å². The molecule has 3 heteroatoms. The molecule has 0 amide bonds. The van der Waals surface area contributed by atoms with Crippen LogP contribution >= 0.6 is 0 Å². The number of rotatable bonds is 6. The minimum Gasteiger partial charge on any atom is -0.391 e. The summed E-state index contributed by atoms with van der Waals surface area (Å²) in [6.07, 6.45) is 3.87. The van der Waals surface area contributed by atoms with E-state index in [1.165, 1.54) is 5.56 Å². The maximum Gasteiger partial charge on any atom is 0.0695 e. The summed E-state index contributed by atoms with van der Waals surface area (Å²) in [6, 6.07) is 11.0. The van der Waals surface area contributed by atoms with E-state index in [4.69, 9.17) is 4.74 Å². The summed E-state index contributed by atoms with van der Waals surface area (Å²) in [5.41, 5.74) is 1.41. The van der Waals surface area contributed by atoms with Gasteiger partial charge < -0.3 is 14.7 Å². The Kier molecular flexibility index (Phi) is 6.02. The molecule has 0 heterocycles. The number of nitrogens with zero attached hydrogens (tertiary/aromatic N) is 1. The van der Waals surface area contributed by atoms with Gasteiger partial charge in [0.2, 0.25) is 0 Å². The van der Waals surface area contributed by atoms with E-state index in [9.17, 15) is 5.11 Å². The van der Waals surface area contributed by atoms with Crippen molar-refractivity contribution in [3.8, 4) is 0 Å². The zero-order valence-electron chi connectivity index (χ0n) is 12.7. The molecule has 0 aromatic heterocycles. The number of benzene rings is 1. The highest BCUT2D eigenvalue weighted by Gasteiger charge is 2.32. The second kappa shape index (κ2) is 7.77. The second-order valence-electron chi connectivity index (χ2n) is 5.88. The summed E-state index contributed by atoms with van der Waals surface area (Å²) < 4.78 is 5.11. The maximum absolute atomic E-state index is 10.3. The second-order valence-corrected chi connectivity index (χ2v) is 5.88. The molecular formula is C17H27NO2. The Hall–Kier alpha value is -0.900. The minimum absolute atomic E-state index is 0.192. The van der Waals surface area contributed by atoms with Crippen molar-refractivity contribution in [3.05, 3.63) is 35.9 Å². The first kappa shape index (κ1) is 15.5. The average Bonchev–Trinajstić information content (AvgIpc) is 2.49. The van der Waals surface area contributed by atoms with Gasteiger partial charge in [0.15, 0.2) is 0 Å². The average molecular weight is 277 g/mol. The molecule has 1 aliphatic carbocycles. The zero-order chi connectivity index (χ0) is 14.4. The highest BCUT2D eigenvalue weighted by Crippen LogP contribution is 2.34. The van der Waals surface area contributed by atoms with Crippen LogP contribution in [0.2, 0.25) is 0 Å². The number of aliphatic hydroxyl groups excluding tert-OH is 1. The molecule has 0 aliphatic heterocycles. The molecule has 1 saturated carbocycles. The third-order valence-corrected chi connectivity index (χ3v) is 4.48. The summed E-state index contributed by atoms with van der Waals surface area (Å²) >= 11 is 0. The lowest BCUT2D eigenvalue weighted by atomic mass is 9.79. The lowest BCUT2D eigenvalue weighted by Crippen LogP contribution is -2.45. The lowest BCUT2D eigenvalue weighted by Gasteiger charge is -2.39. The highest BCUT2D eigenvalue weighted by atomic mass is 16.5. The van der Waals surface area contributed by atoms with Gasteiger partial charge in [0.25, 0.3) is 0 Å². The molecule has 0 bridgehead atoms. The number of aliphatic hydroxyl groups is 1. The summed E-state index contributed by atoms with van der Waals surface area (Å²) in [5, 5.41) is 10.3. The molecule has 1 N–H and O–H groups in total. The fourth-order valence-corrected chi connectivity index (χ4v) is 3.26. The van der Waals surface area contributed by atoms with E-state index in [1.54, 1.807) is 7.11 Å². The van der Waals surface area contributed by atoms with Crippen molar-refractivity contribution in [2.75, 3.05) is 27.3 Å². The standard InChI is InChI=1S/C17H27NO2/c1-18(11-6-12-20-2)16-13-15(9-10-17(16)19)14-7-4-3-5-8-14/h3-5,7-8,15-17,19H,6,9-13H2,1-2H3. The smallest absolute Gasteiger partial charge is 0.0695 e. The van der Waals surface area contributed by atoms with Gasteiger partial charge in [-0.25, -0.2) is 0 Å². The van der Waals surface area contributed by atoms with Crippen LogP contribution in [0.5, 0.6) is 0 Å². The van der Waals surface area contributed by atoms with Crippen molar-refractivity contribution < 1.29 is 9.84 Å². The van der Waals surface area contributed by atoms with Crippen LogP contribution in [0.1, 0.15) is 37.2 Å². The van der Waals surface area contributed by atoms with Gasteiger partial charge in [0.05, 0.1) is 6.10 Å². The normalized spacial score (nSPS) is 26.9. The first-order chi connectivity index (χ1) is 9.72. The molecule has 3 nitrogen and oxygen atoms in total. The van der Waals surface area contributed by atoms with Crippen LogP contribution < -0.4 is 0 Å². The van der Waals surface area contributed by atoms with Gasteiger partial charge in [-0.2, -0.15) is 0 Å². The summed E-state index contributed by atoms with van der Waals surface area (Å²) in [6.45, 7) is 1.77. The first-order valence-corrected chi connectivity index (χ1v) is 7.64. The molecule has 0 saturated heterocycles. The predicted octanol–water partition coefficient (Wildman–Crippen LogP) is 2.65. The molecule has 0 spiro atoms. The topological polar surface area (TPSA) is 32.7 Å². The van der Waals surface area contributed by atoms with Crippen LogP contribution in [0, 0.1) is 0 Å². The Bertz CT molecular complexity index is 382. The van der Waals surface area contributed by atoms with E-state index < -0.39 is 0 Å². The number of methoxy groups -OCH3 is 1. The van der Waals surface area contributed by atoms with Crippen molar-refractivity contribution >= 4 is 0 Å². The summed E-state index contributed by atoms with van der Waals surface area (Å²) in [4.78, 5) is 2.30. The highest BCUT2D eigenvalue weighted by molar-refractivity contribution is 5.20. The molecule has 1 fully saturated rings. The Morgan fingerprint density at radius 3 is 2.70 bits per heavy atom. The Morgan fingerprint density at radius 1 is 1.25 bits per heavy atom. The molecule has 1 aromatic carbocycles. The molecule has 112 valence electrons. The van der Waals surface area contributed by atoms with Crippen LogP contribution in [-0.4, -0.2) is 49.5 Å². The third-order valence-electron chi connectivity index (χ3n) is 4.48. The van der Waals surface area contributed by atoms with Crippen LogP contribution in [0.15, 0.2) is 30.3 Å². The first-order valence-electron chi connectivity index (χ1n) is 7.64. The summed E-state index contributed by atoms with van der Waals surface area (Å²) in [7, 11) is 3.86. The SMILES string of the molecule is COCCCN(C)C1CC(c2ccccc2)CCC1O. The van der Waals surface area contributed by atoms with Gasteiger partial charge in [0, 0.05) is 26.3 Å². The Morgan fingerprint density at radius 2 is 2.00 bits per heavy atom. The van der Waals surface area contributed by atoms with Crippen molar-refractivity contribution in [1.82, 2.24) is 4.90 Å². The van der Waals surface area contributed by atoms with Crippen LogP contribution in [0.3, 0.4) is 0 Å². The molecule has 2 rings (SSSR count). The largest absolute Gasteiger partial charge is 0.391 e. The third kappa shape index (κ3) is 4.05. The predicted molar refractivity (Wildman–Crippen MR) is 82.0 cm³/mol. The van der Waals surface area contributed by atoms with Gasteiger partial charge in [-0.3, -0.25) is 0 Å². The summed E-state index contributed by atoms with van der Waals surface area (Å²) in [5.74, 6) is 0.578. The fourth-order valence-electron chi connectivity index (χ4n) is 3.26. The lowest BCUT2D eigenvalue weighted by molar-refractivity contribution is 0.0224. The van der Waals surface area contributed by atoms with Crippen molar-refractivity contribution in [1.29, 1.82) is 0 Å². The van der Waals surface area contributed by atoms with Crippen molar-refractivity contribution in [2.24, 2.45) is 0 Å². The van der Waals surface area contributed by atoms with Crippen molar-refractivity contribution in [2.45, 2.75) is 43.7 Å². The molecule has 20 heavy (non-hydrogen) atoms. The Balaban J connectivity index is 1.94. The van der Waals surface area contributed by atoms with Gasteiger partial charge >= 0.3 is 0 Å². The van der Waals surface area contributed by atoms with Gasteiger partial charge in [-0.15, -0.1) is 0 Å². The molecule has 0 radical (unpaired) electrons. The van der Waals surface area contributed by atoms with E-state index in [0.717, 1.165) is 38.8 Å². The fraction of sp³-hybridized carbons (Fsp3) is 0.647. The van der Waals surface area contributed by atoms with Crippen molar-refractivity contribution in [3.63, 3.8) is 0 Å². The van der Waals surface area contributed by atoms with E-state index in [1.807, 2.05) is 0 Å². The Labute approximate surface area is 122 Å².